The highest BCUT2D eigenvalue weighted by Gasteiger charge is 2.15. The largest absolute Gasteiger partial charge is 0.370 e. The Bertz CT molecular complexity index is 681. The molecule has 2 rings (SSSR count). The number of halogens is 3. The van der Waals surface area contributed by atoms with Crippen LogP contribution in [0.15, 0.2) is 34.8 Å². The molecule has 0 aliphatic rings. The molecule has 110 valence electrons. The first-order valence-corrected chi connectivity index (χ1v) is 7.35. The lowest BCUT2D eigenvalue weighted by Crippen LogP contribution is -2.16. The Kier molecular flexibility index (Phi) is 5.14. The van der Waals surface area contributed by atoms with E-state index in [9.17, 15) is 9.18 Å². The molecule has 0 unspecified atom stereocenters. The van der Waals surface area contributed by atoms with Crippen molar-refractivity contribution < 1.29 is 9.18 Å². The van der Waals surface area contributed by atoms with E-state index in [1.54, 1.807) is 12.1 Å². The lowest BCUT2D eigenvalue weighted by atomic mass is 10.2. The van der Waals surface area contributed by atoms with Gasteiger partial charge in [-0.1, -0.05) is 11.6 Å². The Labute approximate surface area is 134 Å². The van der Waals surface area contributed by atoms with Gasteiger partial charge in [-0.25, -0.2) is 9.37 Å². The van der Waals surface area contributed by atoms with Gasteiger partial charge in [0.05, 0.1) is 10.7 Å². The number of pyridine rings is 1. The number of rotatable bonds is 4. The fourth-order valence-corrected chi connectivity index (χ4v) is 2.19. The van der Waals surface area contributed by atoms with Crippen LogP contribution >= 0.6 is 27.5 Å². The number of amides is 1. The maximum Gasteiger partial charge on any atom is 0.275 e. The van der Waals surface area contributed by atoms with Crippen LogP contribution in [-0.2, 0) is 0 Å². The number of nitrogens with zero attached hydrogens (tertiary/aromatic N) is 1. The lowest BCUT2D eigenvalue weighted by molar-refractivity contribution is 0.102. The Balaban J connectivity index is 2.27. The number of hydrogen-bond donors (Lipinski definition) is 2. The lowest BCUT2D eigenvalue weighted by Gasteiger charge is -2.10. The molecule has 0 spiro atoms. The minimum atomic E-state index is -0.508. The molecular weight excluding hydrogens is 361 g/mol. The normalized spacial score (nSPS) is 10.3. The summed E-state index contributed by atoms with van der Waals surface area (Å²) in [5.74, 6) is -0.412. The molecule has 1 amide bonds. The monoisotopic (exact) mass is 371 g/mol. The smallest absolute Gasteiger partial charge is 0.275 e. The number of carbonyl (C=O) groups is 1. The Morgan fingerprint density at radius 3 is 2.86 bits per heavy atom. The highest BCUT2D eigenvalue weighted by atomic mass is 79.9. The summed E-state index contributed by atoms with van der Waals surface area (Å²) in [6.45, 7) is 2.59. The van der Waals surface area contributed by atoms with Crippen LogP contribution < -0.4 is 10.6 Å². The molecule has 0 aliphatic heterocycles. The van der Waals surface area contributed by atoms with Crippen LogP contribution in [0, 0.1) is 5.82 Å². The molecule has 0 bridgehead atoms. The molecule has 1 aromatic carbocycles. The first-order chi connectivity index (χ1) is 10.0. The van der Waals surface area contributed by atoms with Crippen LogP contribution in [0.5, 0.6) is 0 Å². The van der Waals surface area contributed by atoms with Crippen molar-refractivity contribution in [3.05, 3.63) is 51.3 Å². The van der Waals surface area contributed by atoms with Crippen molar-refractivity contribution in [2.75, 3.05) is 17.2 Å². The van der Waals surface area contributed by atoms with Gasteiger partial charge in [-0.3, -0.25) is 4.79 Å². The van der Waals surface area contributed by atoms with Crippen LogP contribution in [0.4, 0.5) is 15.9 Å². The summed E-state index contributed by atoms with van der Waals surface area (Å²) >= 11 is 9.23. The molecule has 21 heavy (non-hydrogen) atoms. The molecule has 0 atom stereocenters. The summed E-state index contributed by atoms with van der Waals surface area (Å²) in [4.78, 5) is 16.4. The molecule has 4 nitrogen and oxygen atoms in total. The molecule has 2 N–H and O–H groups in total. The Hall–Kier alpha value is -1.66. The predicted molar refractivity (Wildman–Crippen MR) is 85.5 cm³/mol. The van der Waals surface area contributed by atoms with E-state index in [-0.39, 0.29) is 10.7 Å². The van der Waals surface area contributed by atoms with Crippen molar-refractivity contribution in [2.45, 2.75) is 6.92 Å². The van der Waals surface area contributed by atoms with Gasteiger partial charge in [0, 0.05) is 11.0 Å². The quantitative estimate of drug-likeness (QED) is 0.840. The van der Waals surface area contributed by atoms with Crippen LogP contribution in [0.3, 0.4) is 0 Å². The third kappa shape index (κ3) is 3.92. The maximum absolute atomic E-state index is 13.2. The van der Waals surface area contributed by atoms with E-state index in [4.69, 9.17) is 11.6 Å². The van der Waals surface area contributed by atoms with Gasteiger partial charge >= 0.3 is 0 Å². The third-order valence-electron chi connectivity index (χ3n) is 2.60. The van der Waals surface area contributed by atoms with Crippen molar-refractivity contribution in [3.8, 4) is 0 Å². The van der Waals surface area contributed by atoms with Gasteiger partial charge in [0.25, 0.3) is 5.91 Å². The van der Waals surface area contributed by atoms with Crippen LogP contribution in [-0.4, -0.2) is 17.4 Å². The average Bonchev–Trinajstić information content (AvgIpc) is 2.45. The van der Waals surface area contributed by atoms with E-state index in [2.05, 4.69) is 31.5 Å². The maximum atomic E-state index is 13.2. The minimum Gasteiger partial charge on any atom is -0.370 e. The third-order valence-corrected chi connectivity index (χ3v) is 3.59. The molecule has 0 fully saturated rings. The molecule has 7 heteroatoms. The molecule has 1 aromatic heterocycles. The predicted octanol–water partition coefficient (Wildman–Crippen LogP) is 4.32. The fourth-order valence-electron chi connectivity index (χ4n) is 1.66. The zero-order chi connectivity index (χ0) is 15.4. The summed E-state index contributed by atoms with van der Waals surface area (Å²) in [6.07, 6.45) is 0. The van der Waals surface area contributed by atoms with E-state index in [1.165, 1.54) is 18.2 Å². The van der Waals surface area contributed by atoms with E-state index < -0.39 is 11.7 Å². The number of anilines is 2. The van der Waals surface area contributed by atoms with Gasteiger partial charge in [0.2, 0.25) is 0 Å². The van der Waals surface area contributed by atoms with E-state index in [0.717, 1.165) is 0 Å². The number of carbonyl (C=O) groups excluding carboxylic acids is 1. The SMILES string of the molecule is CCNc1ccc(Cl)c(C(=O)Nc2cc(F)ccc2Br)n1. The molecule has 0 saturated heterocycles. The Morgan fingerprint density at radius 2 is 2.14 bits per heavy atom. The van der Waals surface area contributed by atoms with Crippen molar-refractivity contribution in [1.82, 2.24) is 4.98 Å². The summed E-state index contributed by atoms with van der Waals surface area (Å²) in [7, 11) is 0. The Morgan fingerprint density at radius 1 is 1.38 bits per heavy atom. The average molecular weight is 373 g/mol. The second kappa shape index (κ2) is 6.87. The van der Waals surface area contributed by atoms with Crippen molar-refractivity contribution in [2.24, 2.45) is 0 Å². The summed E-state index contributed by atoms with van der Waals surface area (Å²) in [5, 5.41) is 5.80. The second-order valence-corrected chi connectivity index (χ2v) is 5.40. The van der Waals surface area contributed by atoms with Gasteiger partial charge in [-0.2, -0.15) is 0 Å². The van der Waals surface area contributed by atoms with Gasteiger partial charge < -0.3 is 10.6 Å². The summed E-state index contributed by atoms with van der Waals surface area (Å²) in [6, 6.07) is 7.28. The highest BCUT2D eigenvalue weighted by molar-refractivity contribution is 9.10. The molecule has 2 aromatic rings. The van der Waals surface area contributed by atoms with Crippen molar-refractivity contribution in [1.29, 1.82) is 0 Å². The number of benzene rings is 1. The second-order valence-electron chi connectivity index (χ2n) is 4.14. The summed E-state index contributed by atoms with van der Waals surface area (Å²) < 4.78 is 13.8. The molecule has 0 saturated carbocycles. The van der Waals surface area contributed by atoms with Crippen LogP contribution in [0.2, 0.25) is 5.02 Å². The standard InChI is InChI=1S/C14H12BrClFN3O/c1-2-18-12-6-5-10(16)13(20-12)14(21)19-11-7-8(17)3-4-9(11)15/h3-7H,2H2,1H3,(H,18,20)(H,19,21). The van der Waals surface area contributed by atoms with Gasteiger partial charge in [0.1, 0.15) is 17.3 Å². The zero-order valence-electron chi connectivity index (χ0n) is 11.1. The number of hydrogen-bond acceptors (Lipinski definition) is 3. The molecular formula is C14H12BrClFN3O. The highest BCUT2D eigenvalue weighted by Crippen LogP contribution is 2.25. The molecule has 0 aliphatic carbocycles. The van der Waals surface area contributed by atoms with E-state index in [1.807, 2.05) is 6.92 Å². The number of nitrogens with one attached hydrogen (secondary N) is 2. The van der Waals surface area contributed by atoms with Gasteiger partial charge in [-0.15, -0.1) is 0 Å². The fraction of sp³-hybridized carbons (Fsp3) is 0.143. The summed E-state index contributed by atoms with van der Waals surface area (Å²) in [5.41, 5.74) is 0.387. The van der Waals surface area contributed by atoms with Gasteiger partial charge in [0.15, 0.2) is 0 Å². The topological polar surface area (TPSA) is 54.0 Å². The van der Waals surface area contributed by atoms with Crippen molar-refractivity contribution >= 4 is 44.9 Å². The molecule has 1 heterocycles. The van der Waals surface area contributed by atoms with E-state index >= 15 is 0 Å². The van der Waals surface area contributed by atoms with Gasteiger partial charge in [-0.05, 0) is 53.2 Å². The van der Waals surface area contributed by atoms with Crippen LogP contribution in [0.1, 0.15) is 17.4 Å². The van der Waals surface area contributed by atoms with Crippen molar-refractivity contribution in [3.63, 3.8) is 0 Å². The number of aromatic nitrogens is 1. The van der Waals surface area contributed by atoms with E-state index in [0.29, 0.717) is 22.5 Å². The molecule has 0 radical (unpaired) electrons. The minimum absolute atomic E-state index is 0.0753. The van der Waals surface area contributed by atoms with Crippen LogP contribution in [0.25, 0.3) is 0 Å². The zero-order valence-corrected chi connectivity index (χ0v) is 13.4. The first kappa shape index (κ1) is 15.7. The first-order valence-electron chi connectivity index (χ1n) is 6.18.